The molecule has 0 aromatic carbocycles. The van der Waals surface area contributed by atoms with E-state index < -0.39 is 0 Å². The molecule has 0 amide bonds. The molecule has 1 aromatic rings. The predicted molar refractivity (Wildman–Crippen MR) is 41.1 cm³/mol. The molecule has 3 N–H and O–H groups in total. The molecular weight excluding hydrogens is 152 g/mol. The minimum absolute atomic E-state index is 0. The zero-order valence-electron chi connectivity index (χ0n) is 5.79. The lowest BCUT2D eigenvalue weighted by Gasteiger charge is -1.83. The van der Waals surface area contributed by atoms with Crippen LogP contribution in [0.1, 0.15) is 11.6 Å². The molecule has 58 valence electrons. The average Bonchev–Trinajstić information content (AvgIpc) is 2.17. The molecule has 1 heterocycles. The molecule has 0 saturated heterocycles. The number of nitrogens with two attached hydrogens (primary N) is 1. The maximum absolute atomic E-state index is 5.28. The lowest BCUT2D eigenvalue weighted by Crippen LogP contribution is -2.03. The van der Waals surface area contributed by atoms with Gasteiger partial charge in [0.15, 0.2) is 5.82 Å². The van der Waals surface area contributed by atoms with E-state index in [1.165, 1.54) is 0 Å². The lowest BCUT2D eigenvalue weighted by molar-refractivity contribution is 0.874. The van der Waals surface area contributed by atoms with E-state index in [-0.39, 0.29) is 12.4 Å². The van der Waals surface area contributed by atoms with E-state index in [2.05, 4.69) is 15.2 Å². The largest absolute Gasteiger partial charge is 0.330 e. The van der Waals surface area contributed by atoms with Crippen molar-refractivity contribution in [2.24, 2.45) is 5.73 Å². The molecule has 5 heteroatoms. The van der Waals surface area contributed by atoms with Gasteiger partial charge in [0, 0.05) is 6.42 Å². The number of aryl methyl sites for hydroxylation is 1. The van der Waals surface area contributed by atoms with Crippen LogP contribution >= 0.6 is 12.4 Å². The molecule has 4 nitrogen and oxygen atoms in total. The van der Waals surface area contributed by atoms with Crippen molar-refractivity contribution in [1.29, 1.82) is 0 Å². The van der Waals surface area contributed by atoms with Crippen LogP contribution in [-0.2, 0) is 6.42 Å². The van der Waals surface area contributed by atoms with Crippen molar-refractivity contribution in [3.8, 4) is 0 Å². The van der Waals surface area contributed by atoms with Crippen LogP contribution < -0.4 is 5.73 Å². The fourth-order valence-electron chi connectivity index (χ4n) is 0.630. The van der Waals surface area contributed by atoms with Crippen LogP contribution in [0.2, 0.25) is 0 Å². The molecular formula is C5H11ClN4. The number of aromatic amines is 1. The maximum atomic E-state index is 5.28. The third-order valence-corrected chi connectivity index (χ3v) is 1.01. The van der Waals surface area contributed by atoms with Crippen LogP contribution in [0.15, 0.2) is 0 Å². The number of hydrogen-bond acceptors (Lipinski definition) is 3. The second-order valence-corrected chi connectivity index (χ2v) is 1.88. The summed E-state index contributed by atoms with van der Waals surface area (Å²) in [7, 11) is 0. The van der Waals surface area contributed by atoms with Gasteiger partial charge in [0.05, 0.1) is 0 Å². The van der Waals surface area contributed by atoms with Crippen molar-refractivity contribution in [2.75, 3.05) is 6.54 Å². The van der Waals surface area contributed by atoms with Gasteiger partial charge < -0.3 is 5.73 Å². The molecule has 0 bridgehead atoms. The van der Waals surface area contributed by atoms with E-state index in [0.717, 1.165) is 18.1 Å². The van der Waals surface area contributed by atoms with Gasteiger partial charge in [-0.25, -0.2) is 4.98 Å². The van der Waals surface area contributed by atoms with Crippen LogP contribution in [-0.4, -0.2) is 21.7 Å². The van der Waals surface area contributed by atoms with Gasteiger partial charge in [0.1, 0.15) is 5.82 Å². The Labute approximate surface area is 65.6 Å². The Balaban J connectivity index is 0.000000810. The Hall–Kier alpha value is -0.610. The first-order valence-corrected chi connectivity index (χ1v) is 2.91. The molecule has 0 fully saturated rings. The van der Waals surface area contributed by atoms with Gasteiger partial charge in [-0.1, -0.05) is 0 Å². The summed E-state index contributed by atoms with van der Waals surface area (Å²) in [6.07, 6.45) is 0.754. The van der Waals surface area contributed by atoms with E-state index >= 15 is 0 Å². The summed E-state index contributed by atoms with van der Waals surface area (Å²) < 4.78 is 0. The van der Waals surface area contributed by atoms with Crippen LogP contribution in [0.4, 0.5) is 0 Å². The summed E-state index contributed by atoms with van der Waals surface area (Å²) >= 11 is 0. The number of aromatic nitrogens is 3. The molecule has 0 aliphatic heterocycles. The molecule has 1 rings (SSSR count). The molecule has 0 aliphatic carbocycles. The van der Waals surface area contributed by atoms with Gasteiger partial charge >= 0.3 is 0 Å². The predicted octanol–water partition coefficient (Wildman–Crippen LogP) is 0.0361. The van der Waals surface area contributed by atoms with E-state index in [4.69, 9.17) is 5.73 Å². The van der Waals surface area contributed by atoms with Crippen LogP contribution in [0, 0.1) is 6.92 Å². The summed E-state index contributed by atoms with van der Waals surface area (Å²) in [5, 5.41) is 6.63. The van der Waals surface area contributed by atoms with Gasteiger partial charge in [-0.05, 0) is 13.5 Å². The highest BCUT2D eigenvalue weighted by Crippen LogP contribution is 1.88. The number of nitrogens with zero attached hydrogens (tertiary/aromatic N) is 2. The summed E-state index contributed by atoms with van der Waals surface area (Å²) in [6.45, 7) is 2.48. The van der Waals surface area contributed by atoms with E-state index in [9.17, 15) is 0 Å². The highest BCUT2D eigenvalue weighted by molar-refractivity contribution is 5.85. The van der Waals surface area contributed by atoms with Crippen LogP contribution in [0.5, 0.6) is 0 Å². The normalized spacial score (nSPS) is 9.00. The minimum Gasteiger partial charge on any atom is -0.330 e. The molecule has 10 heavy (non-hydrogen) atoms. The first kappa shape index (κ1) is 9.39. The van der Waals surface area contributed by atoms with E-state index in [1.54, 1.807) is 0 Å². The molecule has 0 unspecified atom stereocenters. The standard InChI is InChI=1S/C5H10N4.ClH/c1-4-7-5(2-3-6)9-8-4;/h2-3,6H2,1H3,(H,7,8,9);1H. The highest BCUT2D eigenvalue weighted by atomic mass is 35.5. The second kappa shape index (κ2) is 4.24. The molecule has 0 atom stereocenters. The Morgan fingerprint density at radius 3 is 2.70 bits per heavy atom. The minimum atomic E-state index is 0. The summed E-state index contributed by atoms with van der Waals surface area (Å²) in [4.78, 5) is 4.05. The quantitative estimate of drug-likeness (QED) is 0.645. The Bertz CT molecular complexity index is 186. The Morgan fingerprint density at radius 1 is 1.60 bits per heavy atom. The van der Waals surface area contributed by atoms with Crippen molar-refractivity contribution in [2.45, 2.75) is 13.3 Å². The fourth-order valence-corrected chi connectivity index (χ4v) is 0.630. The number of hydrogen-bond donors (Lipinski definition) is 2. The summed E-state index contributed by atoms with van der Waals surface area (Å²) in [5.41, 5.74) is 5.28. The highest BCUT2D eigenvalue weighted by Gasteiger charge is 1.95. The van der Waals surface area contributed by atoms with Crippen LogP contribution in [0.3, 0.4) is 0 Å². The lowest BCUT2D eigenvalue weighted by atomic mass is 10.4. The van der Waals surface area contributed by atoms with Crippen molar-refractivity contribution in [3.63, 3.8) is 0 Å². The Kier molecular flexibility index (Phi) is 3.99. The maximum Gasteiger partial charge on any atom is 0.151 e. The number of rotatable bonds is 2. The topological polar surface area (TPSA) is 67.6 Å². The molecule has 1 aromatic heterocycles. The third-order valence-electron chi connectivity index (χ3n) is 1.01. The summed E-state index contributed by atoms with van der Waals surface area (Å²) in [5.74, 6) is 1.65. The van der Waals surface area contributed by atoms with Crippen molar-refractivity contribution in [1.82, 2.24) is 15.2 Å². The Morgan fingerprint density at radius 2 is 2.30 bits per heavy atom. The monoisotopic (exact) mass is 162 g/mol. The van der Waals surface area contributed by atoms with Gasteiger partial charge in [-0.15, -0.1) is 12.4 Å². The summed E-state index contributed by atoms with van der Waals surface area (Å²) in [6, 6.07) is 0. The third kappa shape index (κ3) is 2.33. The molecule has 0 spiro atoms. The molecule has 0 saturated carbocycles. The van der Waals surface area contributed by atoms with Crippen LogP contribution in [0.25, 0.3) is 0 Å². The first-order valence-electron chi connectivity index (χ1n) is 2.91. The van der Waals surface area contributed by atoms with Gasteiger partial charge in [-0.3, -0.25) is 5.10 Å². The molecule has 0 radical (unpaired) electrons. The zero-order chi connectivity index (χ0) is 6.69. The van der Waals surface area contributed by atoms with Gasteiger partial charge in [0.2, 0.25) is 0 Å². The van der Waals surface area contributed by atoms with Crippen molar-refractivity contribution >= 4 is 12.4 Å². The van der Waals surface area contributed by atoms with Crippen molar-refractivity contribution < 1.29 is 0 Å². The smallest absolute Gasteiger partial charge is 0.151 e. The zero-order valence-corrected chi connectivity index (χ0v) is 6.61. The van der Waals surface area contributed by atoms with E-state index in [1.807, 2.05) is 6.92 Å². The van der Waals surface area contributed by atoms with E-state index in [0.29, 0.717) is 6.54 Å². The first-order chi connectivity index (χ1) is 4.33. The number of H-pyrrole nitrogens is 1. The molecule has 0 aliphatic rings. The van der Waals surface area contributed by atoms with Gasteiger partial charge in [-0.2, -0.15) is 5.10 Å². The SMILES string of the molecule is Cc1nc(CCN)n[nH]1.Cl. The fraction of sp³-hybridized carbons (Fsp3) is 0.600. The second-order valence-electron chi connectivity index (χ2n) is 1.88. The van der Waals surface area contributed by atoms with Crippen molar-refractivity contribution in [3.05, 3.63) is 11.6 Å². The number of halogens is 1. The average molecular weight is 163 g/mol. The number of nitrogens with one attached hydrogen (secondary N) is 1. The van der Waals surface area contributed by atoms with Gasteiger partial charge in [0.25, 0.3) is 0 Å².